The average molecular weight is 465 g/mol. The van der Waals surface area contributed by atoms with Crippen molar-refractivity contribution in [3.05, 3.63) is 0 Å². The Labute approximate surface area is 189 Å². The van der Waals surface area contributed by atoms with Crippen molar-refractivity contribution >= 4 is 0 Å². The number of hydrogen-bond donors (Lipinski definition) is 0. The molecular formula is C25H54BrNO. The number of nitrogens with zero attached hydrogens (tertiary/aromatic N) is 1. The largest absolute Gasteiger partial charge is 1.00 e. The zero-order chi connectivity index (χ0) is 20.1. The molecule has 0 bridgehead atoms. The second kappa shape index (κ2) is 23.7. The smallest absolute Gasteiger partial charge is 0.0783 e. The molecule has 0 aliphatic carbocycles. The van der Waals surface area contributed by atoms with Crippen LogP contribution in [0.15, 0.2) is 0 Å². The Morgan fingerprint density at radius 1 is 0.500 bits per heavy atom. The first-order valence-corrected chi connectivity index (χ1v) is 12.4. The van der Waals surface area contributed by atoms with Gasteiger partial charge in [-0.2, -0.15) is 0 Å². The molecule has 172 valence electrons. The van der Waals surface area contributed by atoms with Gasteiger partial charge in [-0.25, -0.2) is 0 Å². The Balaban J connectivity index is 0. The Kier molecular flexibility index (Phi) is 25.9. The van der Waals surface area contributed by atoms with E-state index in [0.29, 0.717) is 0 Å². The van der Waals surface area contributed by atoms with Crippen LogP contribution in [0.25, 0.3) is 0 Å². The molecule has 0 heterocycles. The summed E-state index contributed by atoms with van der Waals surface area (Å²) in [7, 11) is 6.58. The van der Waals surface area contributed by atoms with E-state index in [4.69, 9.17) is 4.74 Å². The highest BCUT2D eigenvalue weighted by atomic mass is 79.9. The maximum Gasteiger partial charge on any atom is 0.0783 e. The lowest BCUT2D eigenvalue weighted by Crippen LogP contribution is -3.00. The number of ether oxygens (including phenoxy) is 1. The van der Waals surface area contributed by atoms with Crippen molar-refractivity contribution in [3.63, 3.8) is 0 Å². The lowest BCUT2D eigenvalue weighted by molar-refractivity contribution is -0.890. The van der Waals surface area contributed by atoms with Gasteiger partial charge in [0, 0.05) is 13.7 Å². The van der Waals surface area contributed by atoms with Crippen LogP contribution in [0.4, 0.5) is 0 Å². The number of rotatable bonds is 22. The Morgan fingerprint density at radius 2 is 0.821 bits per heavy atom. The SMILES string of the molecule is CCCCCCCCCCCCCCCCCC[N+](C)(C)CCCCOC.[Br-]. The van der Waals surface area contributed by atoms with E-state index in [1.807, 2.05) is 0 Å². The second-order valence-corrected chi connectivity index (χ2v) is 9.39. The zero-order valence-electron chi connectivity index (χ0n) is 20.1. The van der Waals surface area contributed by atoms with Gasteiger partial charge in [0.1, 0.15) is 0 Å². The molecule has 2 nitrogen and oxygen atoms in total. The minimum absolute atomic E-state index is 0. The van der Waals surface area contributed by atoms with Crippen LogP contribution < -0.4 is 17.0 Å². The van der Waals surface area contributed by atoms with Crippen LogP contribution in [0.5, 0.6) is 0 Å². The van der Waals surface area contributed by atoms with Gasteiger partial charge in [0.2, 0.25) is 0 Å². The Hall–Kier alpha value is 0.400. The fourth-order valence-corrected chi connectivity index (χ4v) is 3.99. The summed E-state index contributed by atoms with van der Waals surface area (Å²) < 4.78 is 6.33. The predicted octanol–water partition coefficient (Wildman–Crippen LogP) is 4.75. The molecule has 0 rings (SSSR count). The van der Waals surface area contributed by atoms with E-state index in [0.717, 1.165) is 6.61 Å². The lowest BCUT2D eigenvalue weighted by Gasteiger charge is -2.30. The normalized spacial score (nSPS) is 11.6. The second-order valence-electron chi connectivity index (χ2n) is 9.39. The van der Waals surface area contributed by atoms with Crippen LogP contribution in [0.2, 0.25) is 0 Å². The van der Waals surface area contributed by atoms with E-state index in [2.05, 4.69) is 21.0 Å². The van der Waals surface area contributed by atoms with Crippen LogP contribution in [0.3, 0.4) is 0 Å². The van der Waals surface area contributed by atoms with Gasteiger partial charge in [-0.15, -0.1) is 0 Å². The summed E-state index contributed by atoms with van der Waals surface area (Å²) in [6, 6.07) is 0. The molecule has 0 saturated carbocycles. The van der Waals surface area contributed by atoms with E-state index in [1.165, 1.54) is 133 Å². The highest BCUT2D eigenvalue weighted by Gasteiger charge is 2.13. The molecule has 0 aliphatic heterocycles. The molecule has 0 aromatic carbocycles. The van der Waals surface area contributed by atoms with Crippen LogP contribution in [0, 0.1) is 0 Å². The molecular weight excluding hydrogens is 410 g/mol. The molecule has 28 heavy (non-hydrogen) atoms. The van der Waals surface area contributed by atoms with Crippen LogP contribution >= 0.6 is 0 Å². The minimum Gasteiger partial charge on any atom is -1.00 e. The summed E-state index contributed by atoms with van der Waals surface area (Å²) in [6.07, 6.45) is 25.8. The monoisotopic (exact) mass is 463 g/mol. The third kappa shape index (κ3) is 24.4. The first-order chi connectivity index (χ1) is 13.1. The summed E-state index contributed by atoms with van der Waals surface area (Å²) in [4.78, 5) is 0. The number of unbranched alkanes of at least 4 members (excludes halogenated alkanes) is 16. The topological polar surface area (TPSA) is 9.23 Å². The lowest BCUT2D eigenvalue weighted by atomic mass is 10.0. The van der Waals surface area contributed by atoms with Crippen molar-refractivity contribution in [2.24, 2.45) is 0 Å². The quantitative estimate of drug-likeness (QED) is 0.166. The number of hydrogen-bond acceptors (Lipinski definition) is 1. The van der Waals surface area contributed by atoms with E-state index in [9.17, 15) is 0 Å². The van der Waals surface area contributed by atoms with Crippen LogP contribution in [-0.2, 0) is 4.74 Å². The summed E-state index contributed by atoms with van der Waals surface area (Å²) in [6.45, 7) is 5.85. The molecule has 0 aromatic heterocycles. The number of methoxy groups -OCH3 is 1. The highest BCUT2D eigenvalue weighted by Crippen LogP contribution is 2.14. The van der Waals surface area contributed by atoms with E-state index in [-0.39, 0.29) is 17.0 Å². The Bertz CT molecular complexity index is 284. The molecule has 0 aromatic rings. The first-order valence-electron chi connectivity index (χ1n) is 12.4. The molecule has 0 saturated heterocycles. The van der Waals surface area contributed by atoms with Gasteiger partial charge in [-0.3, -0.25) is 0 Å². The molecule has 0 unspecified atom stereocenters. The summed E-state index contributed by atoms with van der Waals surface area (Å²) in [5.41, 5.74) is 0. The third-order valence-corrected chi connectivity index (χ3v) is 5.98. The van der Waals surface area contributed by atoms with Crippen LogP contribution in [0.1, 0.15) is 122 Å². The molecule has 0 fully saturated rings. The molecule has 0 N–H and O–H groups in total. The summed E-state index contributed by atoms with van der Waals surface area (Å²) in [5.74, 6) is 0. The first kappa shape index (κ1) is 30.6. The average Bonchev–Trinajstić information content (AvgIpc) is 2.65. The maximum atomic E-state index is 5.14. The van der Waals surface area contributed by atoms with Crippen molar-refractivity contribution in [1.82, 2.24) is 0 Å². The number of halogens is 1. The molecule has 0 atom stereocenters. The molecule has 0 amide bonds. The van der Waals surface area contributed by atoms with Crippen molar-refractivity contribution < 1.29 is 26.2 Å². The van der Waals surface area contributed by atoms with E-state index >= 15 is 0 Å². The molecule has 0 spiro atoms. The highest BCUT2D eigenvalue weighted by molar-refractivity contribution is 4.50. The van der Waals surface area contributed by atoms with Gasteiger partial charge in [0.15, 0.2) is 0 Å². The van der Waals surface area contributed by atoms with Crippen molar-refractivity contribution in [2.45, 2.75) is 122 Å². The summed E-state index contributed by atoms with van der Waals surface area (Å²) in [5, 5.41) is 0. The number of quaternary nitrogens is 1. The van der Waals surface area contributed by atoms with Crippen molar-refractivity contribution in [1.29, 1.82) is 0 Å². The van der Waals surface area contributed by atoms with Crippen molar-refractivity contribution in [3.8, 4) is 0 Å². The third-order valence-electron chi connectivity index (χ3n) is 5.98. The van der Waals surface area contributed by atoms with Gasteiger partial charge in [-0.1, -0.05) is 96.8 Å². The van der Waals surface area contributed by atoms with Gasteiger partial charge in [-0.05, 0) is 25.7 Å². The van der Waals surface area contributed by atoms with Gasteiger partial charge in [0.25, 0.3) is 0 Å². The predicted molar refractivity (Wildman–Crippen MR) is 122 cm³/mol. The fourth-order valence-electron chi connectivity index (χ4n) is 3.99. The van der Waals surface area contributed by atoms with E-state index < -0.39 is 0 Å². The minimum atomic E-state index is 0. The fraction of sp³-hybridized carbons (Fsp3) is 1.00. The van der Waals surface area contributed by atoms with Crippen molar-refractivity contribution in [2.75, 3.05) is 40.9 Å². The maximum absolute atomic E-state index is 5.14. The molecule has 0 aliphatic rings. The molecule has 0 radical (unpaired) electrons. The molecule has 3 heteroatoms. The Morgan fingerprint density at radius 3 is 1.18 bits per heavy atom. The van der Waals surface area contributed by atoms with Crippen LogP contribution in [-0.4, -0.2) is 45.4 Å². The zero-order valence-corrected chi connectivity index (χ0v) is 21.7. The standard InChI is InChI=1S/C25H54NO.BrH/c1-5-6-7-8-9-10-11-12-13-14-15-16-17-18-19-20-23-26(2,3)24-21-22-25-27-4;/h5-25H2,1-4H3;1H/q+1;/p-1. The van der Waals surface area contributed by atoms with Gasteiger partial charge >= 0.3 is 0 Å². The van der Waals surface area contributed by atoms with Gasteiger partial charge < -0.3 is 26.2 Å². The van der Waals surface area contributed by atoms with Gasteiger partial charge in [0.05, 0.1) is 27.2 Å². The van der Waals surface area contributed by atoms with E-state index in [1.54, 1.807) is 7.11 Å². The summed E-state index contributed by atoms with van der Waals surface area (Å²) >= 11 is 0.